The monoisotopic (exact) mass is 677 g/mol. The summed E-state index contributed by atoms with van der Waals surface area (Å²) in [5.41, 5.74) is 8.05. The summed E-state index contributed by atoms with van der Waals surface area (Å²) in [5.74, 6) is 1.68. The molecule has 0 aliphatic carbocycles. The Morgan fingerprint density at radius 3 is 1.46 bits per heavy atom. The molecule has 1 aliphatic heterocycles. The van der Waals surface area contributed by atoms with Crippen molar-refractivity contribution in [3.8, 4) is 56.4 Å². The lowest BCUT2D eigenvalue weighted by molar-refractivity contribution is 0.00578. The molecule has 8 aromatic rings. The van der Waals surface area contributed by atoms with E-state index in [0.29, 0.717) is 23.1 Å². The van der Waals surface area contributed by atoms with Crippen LogP contribution < -0.4 is 5.46 Å². The molecule has 9 rings (SSSR count). The molecule has 0 N–H and O–H groups in total. The van der Waals surface area contributed by atoms with Gasteiger partial charge in [-0.1, -0.05) is 127 Å². The Morgan fingerprint density at radius 2 is 0.923 bits per heavy atom. The summed E-state index contributed by atoms with van der Waals surface area (Å²) in [7, 11) is -0.624. The highest BCUT2D eigenvalue weighted by molar-refractivity contribution is 6.66. The Bertz CT molecular complexity index is 2500. The molecule has 0 spiro atoms. The van der Waals surface area contributed by atoms with Gasteiger partial charge in [0.2, 0.25) is 0 Å². The summed E-state index contributed by atoms with van der Waals surface area (Å²) in [5, 5.41) is 1.87. The highest BCUT2D eigenvalue weighted by atomic mass is 16.7. The van der Waals surface area contributed by atoms with Crippen molar-refractivity contribution < 1.29 is 13.7 Å². The molecule has 0 atom stereocenters. The smallest absolute Gasteiger partial charge is 0.455 e. The number of aromatic nitrogens is 3. The summed E-state index contributed by atoms with van der Waals surface area (Å²) >= 11 is 0. The highest BCUT2D eigenvalue weighted by Gasteiger charge is 2.52. The van der Waals surface area contributed by atoms with Crippen LogP contribution in [0.2, 0.25) is 0 Å². The van der Waals surface area contributed by atoms with Crippen LogP contribution >= 0.6 is 0 Å². The van der Waals surface area contributed by atoms with E-state index in [2.05, 4.69) is 94.4 Å². The summed E-state index contributed by atoms with van der Waals surface area (Å²) < 4.78 is 20.5. The van der Waals surface area contributed by atoms with Gasteiger partial charge in [0, 0.05) is 27.5 Å². The van der Waals surface area contributed by atoms with Crippen LogP contribution in [-0.2, 0) is 9.31 Å². The van der Waals surface area contributed by atoms with Crippen LogP contribution in [0, 0.1) is 0 Å². The lowest BCUT2D eigenvalue weighted by Gasteiger charge is -2.32. The molecule has 1 saturated heterocycles. The van der Waals surface area contributed by atoms with E-state index in [1.165, 1.54) is 0 Å². The van der Waals surface area contributed by atoms with Crippen LogP contribution in [0.5, 0.6) is 0 Å². The SMILES string of the molecule is CC1(C)OB(c2ccc(-c3nc(-c4ccccc4)nc(-c4ccccc4)n3)c3oc4c(-c5ccccc5)cc(-c5ccccc5)cc4c23)OC1(C)C. The second-order valence-corrected chi connectivity index (χ2v) is 14.3. The predicted molar refractivity (Wildman–Crippen MR) is 210 cm³/mol. The number of rotatable bonds is 6. The van der Waals surface area contributed by atoms with Crippen LogP contribution in [0.3, 0.4) is 0 Å². The normalized spacial score (nSPS) is 15.0. The molecule has 0 unspecified atom stereocenters. The maximum atomic E-state index is 7.10. The molecular weight excluding hydrogens is 641 g/mol. The average Bonchev–Trinajstić information content (AvgIpc) is 3.68. The number of nitrogens with zero attached hydrogens (tertiary/aromatic N) is 3. The fraction of sp³-hybridized carbons (Fsp3) is 0.133. The van der Waals surface area contributed by atoms with Gasteiger partial charge in [0.25, 0.3) is 0 Å². The van der Waals surface area contributed by atoms with Crippen molar-refractivity contribution in [2.75, 3.05) is 0 Å². The van der Waals surface area contributed by atoms with Gasteiger partial charge in [-0.25, -0.2) is 15.0 Å². The third-order valence-electron chi connectivity index (χ3n) is 10.4. The molecular formula is C45H36BN3O3. The maximum Gasteiger partial charge on any atom is 0.495 e. The molecule has 1 fully saturated rings. The van der Waals surface area contributed by atoms with E-state index in [4.69, 9.17) is 28.7 Å². The molecule has 7 heteroatoms. The zero-order valence-corrected chi connectivity index (χ0v) is 29.5. The van der Waals surface area contributed by atoms with Crippen molar-refractivity contribution in [3.05, 3.63) is 146 Å². The number of benzene rings is 6. The van der Waals surface area contributed by atoms with Crippen LogP contribution in [0.15, 0.2) is 150 Å². The minimum Gasteiger partial charge on any atom is -0.455 e. The molecule has 0 amide bonds. The maximum absolute atomic E-state index is 7.10. The highest BCUT2D eigenvalue weighted by Crippen LogP contribution is 2.44. The van der Waals surface area contributed by atoms with Crippen molar-refractivity contribution >= 4 is 34.5 Å². The van der Waals surface area contributed by atoms with Crippen molar-refractivity contribution in [2.45, 2.75) is 38.9 Å². The van der Waals surface area contributed by atoms with Gasteiger partial charge in [-0.2, -0.15) is 0 Å². The van der Waals surface area contributed by atoms with Gasteiger partial charge < -0.3 is 13.7 Å². The second-order valence-electron chi connectivity index (χ2n) is 14.3. The van der Waals surface area contributed by atoms with Crippen LogP contribution in [0.4, 0.5) is 0 Å². The fourth-order valence-electron chi connectivity index (χ4n) is 6.91. The first-order valence-corrected chi connectivity index (χ1v) is 17.6. The lowest BCUT2D eigenvalue weighted by atomic mass is 9.75. The molecule has 6 nitrogen and oxygen atoms in total. The van der Waals surface area contributed by atoms with Crippen molar-refractivity contribution in [3.63, 3.8) is 0 Å². The molecule has 0 radical (unpaired) electrons. The zero-order chi connectivity index (χ0) is 35.5. The van der Waals surface area contributed by atoms with Crippen molar-refractivity contribution in [2.24, 2.45) is 0 Å². The van der Waals surface area contributed by atoms with Gasteiger partial charge in [0.1, 0.15) is 11.2 Å². The van der Waals surface area contributed by atoms with E-state index in [9.17, 15) is 0 Å². The molecule has 6 aromatic carbocycles. The Balaban J connectivity index is 1.37. The van der Waals surface area contributed by atoms with Crippen LogP contribution in [0.1, 0.15) is 27.7 Å². The predicted octanol–water partition coefficient (Wildman–Crippen LogP) is 10.4. The van der Waals surface area contributed by atoms with Gasteiger partial charge in [-0.05, 0) is 68.0 Å². The Morgan fingerprint density at radius 1 is 0.442 bits per heavy atom. The molecule has 0 bridgehead atoms. The fourth-order valence-corrected chi connectivity index (χ4v) is 6.91. The number of fused-ring (bicyclic) bond motifs is 3. The second kappa shape index (κ2) is 12.4. The number of hydrogen-bond donors (Lipinski definition) is 0. The molecule has 52 heavy (non-hydrogen) atoms. The molecule has 252 valence electrons. The first kappa shape index (κ1) is 32.1. The third kappa shape index (κ3) is 5.50. The molecule has 2 aromatic heterocycles. The van der Waals surface area contributed by atoms with Gasteiger partial charge in [-0.3, -0.25) is 0 Å². The van der Waals surface area contributed by atoms with Gasteiger partial charge in [0.15, 0.2) is 17.5 Å². The van der Waals surface area contributed by atoms with E-state index >= 15 is 0 Å². The van der Waals surface area contributed by atoms with Gasteiger partial charge >= 0.3 is 7.12 Å². The number of hydrogen-bond acceptors (Lipinski definition) is 6. The van der Waals surface area contributed by atoms with E-state index in [1.807, 2.05) is 78.9 Å². The number of furan rings is 1. The van der Waals surface area contributed by atoms with E-state index in [1.54, 1.807) is 0 Å². The first-order chi connectivity index (χ1) is 25.3. The third-order valence-corrected chi connectivity index (χ3v) is 10.4. The lowest BCUT2D eigenvalue weighted by Crippen LogP contribution is -2.41. The van der Waals surface area contributed by atoms with Crippen LogP contribution in [0.25, 0.3) is 78.4 Å². The Hall–Kier alpha value is -5.89. The summed E-state index contributed by atoms with van der Waals surface area (Å²) in [6, 6.07) is 49.4. The van der Waals surface area contributed by atoms with E-state index in [-0.39, 0.29) is 0 Å². The minimum absolute atomic E-state index is 0.516. The summed E-state index contributed by atoms with van der Waals surface area (Å²) in [6.45, 7) is 8.31. The van der Waals surface area contributed by atoms with Gasteiger partial charge in [-0.15, -0.1) is 0 Å². The first-order valence-electron chi connectivity index (χ1n) is 17.6. The molecule has 0 saturated carbocycles. The molecule has 3 heterocycles. The van der Waals surface area contributed by atoms with Crippen molar-refractivity contribution in [1.82, 2.24) is 15.0 Å². The van der Waals surface area contributed by atoms with Crippen LogP contribution in [-0.4, -0.2) is 33.3 Å². The van der Waals surface area contributed by atoms with Crippen molar-refractivity contribution in [1.29, 1.82) is 0 Å². The largest absolute Gasteiger partial charge is 0.495 e. The Kier molecular flexibility index (Phi) is 7.65. The molecule has 1 aliphatic rings. The average molecular weight is 678 g/mol. The summed E-state index contributed by atoms with van der Waals surface area (Å²) in [4.78, 5) is 15.1. The topological polar surface area (TPSA) is 70.3 Å². The zero-order valence-electron chi connectivity index (χ0n) is 29.5. The standard InChI is InChI=1S/C45H36BN3O3/c1-44(2)45(3,4)52-46(51-44)37-26-25-34(43-48-41(31-21-13-7-14-22-31)47-42(49-43)32-23-15-8-16-24-32)40-38(37)36-28-33(29-17-9-5-10-18-29)27-35(39(36)50-40)30-19-11-6-12-20-30/h5-28H,1-4H3. The Labute approximate surface area is 303 Å². The quantitative estimate of drug-likeness (QED) is 0.163. The van der Waals surface area contributed by atoms with Gasteiger partial charge in [0.05, 0.1) is 16.8 Å². The van der Waals surface area contributed by atoms with E-state index < -0.39 is 18.3 Å². The minimum atomic E-state index is -0.624. The summed E-state index contributed by atoms with van der Waals surface area (Å²) in [6.07, 6.45) is 0. The van der Waals surface area contributed by atoms with E-state index in [0.717, 1.165) is 60.8 Å².